The van der Waals surface area contributed by atoms with Gasteiger partial charge in [-0.05, 0) is 43.7 Å². The van der Waals surface area contributed by atoms with Crippen LogP contribution in [-0.4, -0.2) is 16.7 Å². The zero-order chi connectivity index (χ0) is 15.6. The molecule has 1 aromatic heterocycles. The Morgan fingerprint density at radius 3 is 2.78 bits per heavy atom. The van der Waals surface area contributed by atoms with Crippen molar-refractivity contribution in [3.63, 3.8) is 0 Å². The number of benzene rings is 1. The van der Waals surface area contributed by atoms with E-state index < -0.39 is 0 Å². The number of aryl methyl sites for hydroxylation is 1. The van der Waals surface area contributed by atoms with E-state index in [9.17, 15) is 4.79 Å². The first-order valence-corrected chi connectivity index (χ1v) is 8.70. The van der Waals surface area contributed by atoms with Crippen LogP contribution in [0.4, 0.5) is 0 Å². The van der Waals surface area contributed by atoms with Crippen LogP contribution in [0.1, 0.15) is 56.2 Å². The van der Waals surface area contributed by atoms with Gasteiger partial charge in [-0.25, -0.2) is 4.79 Å². The summed E-state index contributed by atoms with van der Waals surface area (Å²) >= 11 is 0. The third-order valence-corrected chi connectivity index (χ3v) is 5.13. The number of rotatable bonds is 2. The molecule has 0 spiro atoms. The molecule has 0 amide bonds. The molecule has 120 valence electrons. The predicted molar refractivity (Wildman–Crippen MR) is 90.4 cm³/mol. The van der Waals surface area contributed by atoms with Crippen molar-refractivity contribution in [3.8, 4) is 0 Å². The first-order chi connectivity index (χ1) is 11.3. The molecule has 1 heterocycles. The summed E-state index contributed by atoms with van der Waals surface area (Å²) < 4.78 is 0. The summed E-state index contributed by atoms with van der Waals surface area (Å²) in [7, 11) is 0. The van der Waals surface area contributed by atoms with Gasteiger partial charge in [-0.3, -0.25) is 0 Å². The van der Waals surface area contributed by atoms with Crippen LogP contribution < -0.4 is 0 Å². The number of H-pyrrole nitrogens is 1. The second-order valence-corrected chi connectivity index (χ2v) is 6.66. The zero-order valence-corrected chi connectivity index (χ0v) is 13.3. The Morgan fingerprint density at radius 2 is 1.91 bits per heavy atom. The van der Waals surface area contributed by atoms with Gasteiger partial charge in [0.2, 0.25) is 0 Å². The molecule has 0 aliphatic heterocycles. The van der Waals surface area contributed by atoms with Crippen molar-refractivity contribution < 1.29 is 9.63 Å². The summed E-state index contributed by atoms with van der Waals surface area (Å²) in [5.41, 5.74) is 4.37. The van der Waals surface area contributed by atoms with Crippen LogP contribution in [0.15, 0.2) is 29.4 Å². The minimum atomic E-state index is -0.152. The lowest BCUT2D eigenvalue weighted by molar-refractivity contribution is -0.149. The highest BCUT2D eigenvalue weighted by molar-refractivity contribution is 6.06. The topological polar surface area (TPSA) is 54.4 Å². The van der Waals surface area contributed by atoms with Gasteiger partial charge in [0.1, 0.15) is 5.71 Å². The molecule has 1 N–H and O–H groups in total. The highest BCUT2D eigenvalue weighted by atomic mass is 16.7. The van der Waals surface area contributed by atoms with Crippen molar-refractivity contribution in [1.29, 1.82) is 0 Å². The molecule has 4 nitrogen and oxygen atoms in total. The molecule has 0 saturated heterocycles. The summed E-state index contributed by atoms with van der Waals surface area (Å²) in [6.07, 6.45) is 8.34. The monoisotopic (exact) mass is 310 g/mol. The van der Waals surface area contributed by atoms with Gasteiger partial charge in [-0.15, -0.1) is 0 Å². The van der Waals surface area contributed by atoms with Crippen molar-refractivity contribution >= 4 is 22.6 Å². The number of carbonyl (C=O) groups is 1. The van der Waals surface area contributed by atoms with Gasteiger partial charge >= 0.3 is 5.97 Å². The van der Waals surface area contributed by atoms with Crippen molar-refractivity contribution in [1.82, 2.24) is 4.98 Å². The lowest BCUT2D eigenvalue weighted by atomic mass is 9.89. The average Bonchev–Trinajstić information content (AvgIpc) is 3.00. The van der Waals surface area contributed by atoms with Crippen LogP contribution in [-0.2, 0) is 16.1 Å². The number of carbonyl (C=O) groups excluding carboxylic acids is 1. The smallest absolute Gasteiger partial charge is 0.338 e. The predicted octanol–water partition coefficient (Wildman–Crippen LogP) is 4.33. The number of nitrogens with zero attached hydrogens (tertiary/aromatic N) is 1. The normalized spacial score (nSPS) is 20.6. The molecule has 1 saturated carbocycles. The Kier molecular flexibility index (Phi) is 3.90. The highest BCUT2D eigenvalue weighted by Crippen LogP contribution is 2.30. The Bertz CT molecular complexity index is 754. The lowest BCUT2D eigenvalue weighted by Gasteiger charge is -2.19. The quantitative estimate of drug-likeness (QED) is 0.663. The van der Waals surface area contributed by atoms with E-state index in [1.54, 1.807) is 0 Å². The van der Waals surface area contributed by atoms with E-state index in [0.29, 0.717) is 0 Å². The lowest BCUT2D eigenvalue weighted by Crippen LogP contribution is -2.20. The van der Waals surface area contributed by atoms with Crippen LogP contribution >= 0.6 is 0 Å². The Hall–Kier alpha value is -2.10. The number of nitrogens with one attached hydrogen (secondary N) is 1. The number of oxime groups is 1. The van der Waals surface area contributed by atoms with Crippen LogP contribution in [0.25, 0.3) is 10.9 Å². The van der Waals surface area contributed by atoms with Gasteiger partial charge in [-0.1, -0.05) is 42.6 Å². The molecule has 0 radical (unpaired) electrons. The van der Waals surface area contributed by atoms with E-state index in [2.05, 4.69) is 28.3 Å². The van der Waals surface area contributed by atoms with Crippen LogP contribution in [0.2, 0.25) is 0 Å². The standard InChI is InChI=1S/C19H22N2O2/c22-19(13-7-2-1-3-8-13)23-21-17-12-6-10-15-14-9-4-5-11-16(14)20-18(15)17/h4-5,9,11,13,20H,1-3,6-8,10,12H2/b21-17-. The van der Waals surface area contributed by atoms with E-state index in [4.69, 9.17) is 4.84 Å². The second-order valence-electron chi connectivity index (χ2n) is 6.66. The molecule has 1 fully saturated rings. The zero-order valence-electron chi connectivity index (χ0n) is 13.3. The van der Waals surface area contributed by atoms with E-state index in [1.165, 1.54) is 17.4 Å². The van der Waals surface area contributed by atoms with Gasteiger partial charge < -0.3 is 9.82 Å². The van der Waals surface area contributed by atoms with Gasteiger partial charge in [0, 0.05) is 10.9 Å². The molecule has 4 heteroatoms. The highest BCUT2D eigenvalue weighted by Gasteiger charge is 2.25. The largest absolute Gasteiger partial charge is 0.353 e. The number of aromatic amines is 1. The molecule has 0 atom stereocenters. The van der Waals surface area contributed by atoms with Crippen molar-refractivity contribution in [2.24, 2.45) is 11.1 Å². The molecule has 2 aromatic rings. The summed E-state index contributed by atoms with van der Waals surface area (Å²) in [6, 6.07) is 8.32. The van der Waals surface area contributed by atoms with Gasteiger partial charge in [0.25, 0.3) is 0 Å². The van der Waals surface area contributed by atoms with E-state index >= 15 is 0 Å². The van der Waals surface area contributed by atoms with Crippen molar-refractivity contribution in [2.45, 2.75) is 51.4 Å². The van der Waals surface area contributed by atoms with Gasteiger partial charge in [0.05, 0.1) is 11.6 Å². The molecule has 0 unspecified atom stereocenters. The minimum Gasteiger partial charge on any atom is -0.353 e. The van der Waals surface area contributed by atoms with Crippen molar-refractivity contribution in [2.75, 3.05) is 0 Å². The third kappa shape index (κ3) is 2.78. The Morgan fingerprint density at radius 1 is 1.09 bits per heavy atom. The molecule has 0 bridgehead atoms. The van der Waals surface area contributed by atoms with E-state index in [0.717, 1.165) is 61.9 Å². The van der Waals surface area contributed by atoms with E-state index in [1.807, 2.05) is 6.07 Å². The molecule has 4 rings (SSSR count). The number of hydrogen-bond acceptors (Lipinski definition) is 3. The van der Waals surface area contributed by atoms with Gasteiger partial charge in [0.15, 0.2) is 0 Å². The first-order valence-electron chi connectivity index (χ1n) is 8.70. The molecular weight excluding hydrogens is 288 g/mol. The van der Waals surface area contributed by atoms with E-state index in [-0.39, 0.29) is 11.9 Å². The Balaban J connectivity index is 1.57. The van der Waals surface area contributed by atoms with Crippen molar-refractivity contribution in [3.05, 3.63) is 35.5 Å². The molecular formula is C19H22N2O2. The number of fused-ring (bicyclic) bond motifs is 3. The third-order valence-electron chi connectivity index (χ3n) is 5.13. The van der Waals surface area contributed by atoms with Gasteiger partial charge in [-0.2, -0.15) is 0 Å². The summed E-state index contributed by atoms with van der Waals surface area (Å²) in [4.78, 5) is 20.9. The molecule has 23 heavy (non-hydrogen) atoms. The maximum atomic E-state index is 12.2. The number of hydrogen-bond donors (Lipinski definition) is 1. The fourth-order valence-corrected chi connectivity index (χ4v) is 3.87. The maximum absolute atomic E-state index is 12.2. The number of aromatic nitrogens is 1. The van der Waals surface area contributed by atoms with Crippen LogP contribution in [0.5, 0.6) is 0 Å². The van der Waals surface area contributed by atoms with Crippen LogP contribution in [0.3, 0.4) is 0 Å². The van der Waals surface area contributed by atoms with Crippen LogP contribution in [0, 0.1) is 5.92 Å². The fraction of sp³-hybridized carbons (Fsp3) is 0.474. The Labute approximate surface area is 135 Å². The SMILES string of the molecule is O=C(O/N=C1/CCCc2c1[nH]c1ccccc21)C1CCCCC1. The molecule has 2 aliphatic carbocycles. The molecule has 1 aromatic carbocycles. The summed E-state index contributed by atoms with van der Waals surface area (Å²) in [5, 5.41) is 5.49. The second kappa shape index (κ2) is 6.19. The first kappa shape index (κ1) is 14.5. The average molecular weight is 310 g/mol. The summed E-state index contributed by atoms with van der Waals surface area (Å²) in [6.45, 7) is 0. The fourth-order valence-electron chi connectivity index (χ4n) is 3.87. The molecule has 2 aliphatic rings. The number of para-hydroxylation sites is 1. The summed E-state index contributed by atoms with van der Waals surface area (Å²) in [5.74, 6) is -0.112. The minimum absolute atomic E-state index is 0.0406. The maximum Gasteiger partial charge on any atom is 0.338 e.